The van der Waals surface area contributed by atoms with Gasteiger partial charge in [-0.15, -0.1) is 0 Å². The molecule has 2 N–H and O–H groups in total. The van der Waals surface area contributed by atoms with Gasteiger partial charge in [-0.2, -0.15) is 0 Å². The molecule has 1 atom stereocenters. The molecule has 1 heterocycles. The molecule has 6 heteroatoms. The highest BCUT2D eigenvalue weighted by molar-refractivity contribution is 5.96. The van der Waals surface area contributed by atoms with Gasteiger partial charge >= 0.3 is 0 Å². The number of amides is 1. The van der Waals surface area contributed by atoms with Gasteiger partial charge in [0.2, 0.25) is 5.91 Å². The zero-order valence-corrected chi connectivity index (χ0v) is 17.7. The third-order valence-corrected chi connectivity index (χ3v) is 5.44. The minimum absolute atomic E-state index is 0.119. The number of carbonyl (C=O) groups excluding carboxylic acids is 1. The SMILES string of the molecule is COc1ccc(NC(=O)[C@@H](C)Nc2ccc(N3CCC(C)CC3)cc2)cc1OC. The van der Waals surface area contributed by atoms with Gasteiger partial charge in [-0.05, 0) is 62.1 Å². The number of ether oxygens (including phenoxy) is 2. The molecule has 0 radical (unpaired) electrons. The molecule has 29 heavy (non-hydrogen) atoms. The normalized spacial score (nSPS) is 15.5. The number of carbonyl (C=O) groups is 1. The number of nitrogens with one attached hydrogen (secondary N) is 2. The maximum absolute atomic E-state index is 12.6. The van der Waals surface area contributed by atoms with E-state index in [0.29, 0.717) is 17.2 Å². The standard InChI is InChI=1S/C23H31N3O3/c1-16-11-13-26(14-12-16)20-8-5-18(6-9-20)24-17(2)23(27)25-19-7-10-21(28-3)22(15-19)29-4/h5-10,15-17,24H,11-14H2,1-4H3,(H,25,27)/t17-/m1/s1. The van der Waals surface area contributed by atoms with Crippen LogP contribution in [0.2, 0.25) is 0 Å². The highest BCUT2D eigenvalue weighted by Gasteiger charge is 2.17. The first-order chi connectivity index (χ1) is 14.0. The Bertz CT molecular complexity index is 815. The van der Waals surface area contributed by atoms with Crippen molar-refractivity contribution in [3.63, 3.8) is 0 Å². The lowest BCUT2D eigenvalue weighted by Crippen LogP contribution is -2.33. The van der Waals surface area contributed by atoms with E-state index in [0.717, 1.165) is 24.7 Å². The van der Waals surface area contributed by atoms with Crippen molar-refractivity contribution in [2.75, 3.05) is 42.8 Å². The van der Waals surface area contributed by atoms with Gasteiger partial charge < -0.3 is 25.0 Å². The Kier molecular flexibility index (Phi) is 6.86. The Balaban J connectivity index is 1.56. The van der Waals surface area contributed by atoms with Gasteiger partial charge in [-0.1, -0.05) is 6.92 Å². The molecule has 0 spiro atoms. The number of rotatable bonds is 7. The lowest BCUT2D eigenvalue weighted by atomic mass is 9.99. The molecule has 6 nitrogen and oxygen atoms in total. The van der Waals surface area contributed by atoms with Crippen LogP contribution in [0, 0.1) is 5.92 Å². The van der Waals surface area contributed by atoms with Crippen LogP contribution < -0.4 is 25.0 Å². The average Bonchev–Trinajstić information content (AvgIpc) is 2.74. The molecule has 2 aromatic rings. The minimum Gasteiger partial charge on any atom is -0.493 e. The van der Waals surface area contributed by atoms with Gasteiger partial charge in [0.05, 0.1) is 14.2 Å². The molecule has 0 bridgehead atoms. The molecular formula is C23H31N3O3. The van der Waals surface area contributed by atoms with Crippen LogP contribution in [-0.4, -0.2) is 39.3 Å². The fourth-order valence-electron chi connectivity index (χ4n) is 3.52. The summed E-state index contributed by atoms with van der Waals surface area (Å²) >= 11 is 0. The van der Waals surface area contributed by atoms with Crippen LogP contribution in [0.25, 0.3) is 0 Å². The van der Waals surface area contributed by atoms with Crippen LogP contribution >= 0.6 is 0 Å². The molecule has 2 aromatic carbocycles. The molecule has 1 fully saturated rings. The first kappa shape index (κ1) is 20.8. The highest BCUT2D eigenvalue weighted by Crippen LogP contribution is 2.30. The van der Waals surface area contributed by atoms with E-state index in [1.807, 2.05) is 19.1 Å². The molecule has 0 aromatic heterocycles. The quantitative estimate of drug-likeness (QED) is 0.726. The number of piperidine rings is 1. The number of hydrogen-bond donors (Lipinski definition) is 2. The zero-order valence-electron chi connectivity index (χ0n) is 17.7. The Hall–Kier alpha value is -2.89. The van der Waals surface area contributed by atoms with Crippen molar-refractivity contribution in [1.29, 1.82) is 0 Å². The Morgan fingerprint density at radius 1 is 1.00 bits per heavy atom. The lowest BCUT2D eigenvalue weighted by Gasteiger charge is -2.32. The van der Waals surface area contributed by atoms with E-state index < -0.39 is 0 Å². The summed E-state index contributed by atoms with van der Waals surface area (Å²) in [6, 6.07) is 13.2. The van der Waals surface area contributed by atoms with Gasteiger partial charge in [-0.25, -0.2) is 0 Å². The van der Waals surface area contributed by atoms with Crippen LogP contribution in [0.1, 0.15) is 26.7 Å². The number of benzene rings is 2. The molecule has 1 aliphatic rings. The molecule has 0 aliphatic carbocycles. The summed E-state index contributed by atoms with van der Waals surface area (Å²) in [6.07, 6.45) is 2.49. The summed E-state index contributed by atoms with van der Waals surface area (Å²) in [6.45, 7) is 6.38. The highest BCUT2D eigenvalue weighted by atomic mass is 16.5. The maximum Gasteiger partial charge on any atom is 0.246 e. The summed E-state index contributed by atoms with van der Waals surface area (Å²) in [7, 11) is 3.15. The molecule has 1 amide bonds. The van der Waals surface area contributed by atoms with E-state index in [9.17, 15) is 4.79 Å². The second-order valence-electron chi connectivity index (χ2n) is 7.64. The van der Waals surface area contributed by atoms with Gasteiger partial charge in [0.1, 0.15) is 6.04 Å². The molecule has 0 saturated carbocycles. The first-order valence-corrected chi connectivity index (χ1v) is 10.1. The molecule has 0 unspecified atom stereocenters. The Labute approximate surface area is 173 Å². The Morgan fingerprint density at radius 2 is 1.62 bits per heavy atom. The van der Waals surface area contributed by atoms with E-state index in [1.54, 1.807) is 32.4 Å². The van der Waals surface area contributed by atoms with Gasteiger partial charge in [0.15, 0.2) is 11.5 Å². The number of hydrogen-bond acceptors (Lipinski definition) is 5. The van der Waals surface area contributed by atoms with Crippen molar-refractivity contribution in [3.05, 3.63) is 42.5 Å². The van der Waals surface area contributed by atoms with E-state index >= 15 is 0 Å². The topological polar surface area (TPSA) is 62.8 Å². The van der Waals surface area contributed by atoms with Crippen molar-refractivity contribution < 1.29 is 14.3 Å². The number of methoxy groups -OCH3 is 2. The second-order valence-corrected chi connectivity index (χ2v) is 7.64. The molecule has 3 rings (SSSR count). The van der Waals surface area contributed by atoms with Crippen LogP contribution in [-0.2, 0) is 4.79 Å². The Morgan fingerprint density at radius 3 is 2.24 bits per heavy atom. The molecule has 156 valence electrons. The van der Waals surface area contributed by atoms with Crippen molar-refractivity contribution in [3.8, 4) is 11.5 Å². The van der Waals surface area contributed by atoms with Crippen LogP contribution in [0.3, 0.4) is 0 Å². The largest absolute Gasteiger partial charge is 0.493 e. The minimum atomic E-state index is -0.384. The summed E-state index contributed by atoms with van der Waals surface area (Å²) in [4.78, 5) is 15.0. The monoisotopic (exact) mass is 397 g/mol. The van der Waals surface area contributed by atoms with Gasteiger partial charge in [-0.3, -0.25) is 4.79 Å². The predicted octanol–water partition coefficient (Wildman–Crippen LogP) is 4.38. The summed E-state index contributed by atoms with van der Waals surface area (Å²) in [5, 5.41) is 6.17. The first-order valence-electron chi connectivity index (χ1n) is 10.1. The molecular weight excluding hydrogens is 366 g/mol. The van der Waals surface area contributed by atoms with Crippen molar-refractivity contribution in [2.45, 2.75) is 32.7 Å². The van der Waals surface area contributed by atoms with Crippen molar-refractivity contribution >= 4 is 23.0 Å². The molecule has 1 aliphatic heterocycles. The summed E-state index contributed by atoms with van der Waals surface area (Å²) in [5.74, 6) is 1.90. The predicted molar refractivity (Wildman–Crippen MR) is 118 cm³/mol. The van der Waals surface area contributed by atoms with Crippen molar-refractivity contribution in [1.82, 2.24) is 0 Å². The summed E-state index contributed by atoms with van der Waals surface area (Å²) in [5.41, 5.74) is 2.83. The van der Waals surface area contributed by atoms with Gasteiger partial charge in [0.25, 0.3) is 0 Å². The van der Waals surface area contributed by atoms with Crippen LogP contribution in [0.4, 0.5) is 17.1 Å². The van der Waals surface area contributed by atoms with Crippen LogP contribution in [0.5, 0.6) is 11.5 Å². The van der Waals surface area contributed by atoms with Crippen LogP contribution in [0.15, 0.2) is 42.5 Å². The van der Waals surface area contributed by atoms with E-state index in [1.165, 1.54) is 18.5 Å². The fourth-order valence-corrected chi connectivity index (χ4v) is 3.52. The fraction of sp³-hybridized carbons (Fsp3) is 0.435. The van der Waals surface area contributed by atoms with E-state index in [4.69, 9.17) is 9.47 Å². The van der Waals surface area contributed by atoms with Crippen molar-refractivity contribution in [2.24, 2.45) is 5.92 Å². The average molecular weight is 398 g/mol. The third-order valence-electron chi connectivity index (χ3n) is 5.44. The summed E-state index contributed by atoms with van der Waals surface area (Å²) < 4.78 is 10.5. The second kappa shape index (κ2) is 9.54. The van der Waals surface area contributed by atoms with E-state index in [2.05, 4.69) is 34.6 Å². The number of nitrogens with zero attached hydrogens (tertiary/aromatic N) is 1. The van der Waals surface area contributed by atoms with Gasteiger partial charge in [0, 0.05) is 36.2 Å². The number of anilines is 3. The van der Waals surface area contributed by atoms with E-state index in [-0.39, 0.29) is 11.9 Å². The zero-order chi connectivity index (χ0) is 20.8. The lowest BCUT2D eigenvalue weighted by molar-refractivity contribution is -0.116. The maximum atomic E-state index is 12.6. The smallest absolute Gasteiger partial charge is 0.246 e. The third kappa shape index (κ3) is 5.34. The molecule has 1 saturated heterocycles.